The quantitative estimate of drug-likeness (QED) is 0.317. The van der Waals surface area contributed by atoms with Crippen molar-refractivity contribution >= 4 is 55.9 Å². The summed E-state index contributed by atoms with van der Waals surface area (Å²) in [5.74, 6) is -0.526. The van der Waals surface area contributed by atoms with Crippen molar-refractivity contribution in [2.24, 2.45) is 0 Å². The van der Waals surface area contributed by atoms with E-state index in [0.717, 1.165) is 4.21 Å². The Morgan fingerprint density at radius 2 is 1.34 bits per heavy atom. The summed E-state index contributed by atoms with van der Waals surface area (Å²) in [6.07, 6.45) is 0. The molecule has 5 rings (SSSR count). The Morgan fingerprint density at radius 3 is 1.94 bits per heavy atom. The van der Waals surface area contributed by atoms with Crippen LogP contribution in [-0.4, -0.2) is 20.0 Å². The third kappa shape index (κ3) is 4.41. The Morgan fingerprint density at radius 1 is 0.743 bits per heavy atom. The second-order valence-corrected chi connectivity index (χ2v) is 11.9. The summed E-state index contributed by atoms with van der Waals surface area (Å²) in [7, 11) is -3.73. The number of benzene rings is 3. The fourth-order valence-corrected chi connectivity index (χ4v) is 6.75. The number of hydrogen-bond acceptors (Lipinski definition) is 8. The summed E-state index contributed by atoms with van der Waals surface area (Å²) in [5, 5.41) is 4.97. The minimum atomic E-state index is -3.73. The predicted octanol–water partition coefficient (Wildman–Crippen LogP) is 5.66. The Bertz CT molecular complexity index is 1570. The van der Waals surface area contributed by atoms with Gasteiger partial charge in [-0.15, -0.1) is 11.3 Å². The predicted molar refractivity (Wildman–Crippen MR) is 139 cm³/mol. The molecule has 3 aromatic carbocycles. The van der Waals surface area contributed by atoms with E-state index < -0.39 is 9.84 Å². The van der Waals surface area contributed by atoms with E-state index in [2.05, 4.69) is 5.32 Å². The zero-order valence-electron chi connectivity index (χ0n) is 18.1. The lowest BCUT2D eigenvalue weighted by Gasteiger charge is -2.21. The van der Waals surface area contributed by atoms with Crippen molar-refractivity contribution in [2.45, 2.75) is 14.0 Å². The van der Waals surface area contributed by atoms with E-state index in [1.165, 1.54) is 59.5 Å². The molecule has 0 amide bonds. The average molecular weight is 519 g/mol. The van der Waals surface area contributed by atoms with Crippen molar-refractivity contribution < 1.29 is 18.0 Å². The van der Waals surface area contributed by atoms with Gasteiger partial charge in [0.15, 0.2) is 0 Å². The van der Waals surface area contributed by atoms with E-state index in [4.69, 9.17) is 5.73 Å². The summed E-state index contributed by atoms with van der Waals surface area (Å²) >= 11 is 2.71. The van der Waals surface area contributed by atoms with Crippen molar-refractivity contribution in [3.63, 3.8) is 0 Å². The van der Waals surface area contributed by atoms with Crippen LogP contribution in [0.2, 0.25) is 0 Å². The van der Waals surface area contributed by atoms with Gasteiger partial charge in [0, 0.05) is 22.5 Å². The van der Waals surface area contributed by atoms with Crippen LogP contribution in [0, 0.1) is 0 Å². The lowest BCUT2D eigenvalue weighted by atomic mass is 9.92. The van der Waals surface area contributed by atoms with E-state index in [9.17, 15) is 18.0 Å². The fourth-order valence-electron chi connectivity index (χ4n) is 3.63. The van der Waals surface area contributed by atoms with Crippen LogP contribution in [0.15, 0.2) is 115 Å². The maximum absolute atomic E-state index is 13.4. The molecular formula is C26H18N2O4S3. The summed E-state index contributed by atoms with van der Waals surface area (Å²) < 4.78 is 26.8. The van der Waals surface area contributed by atoms with Gasteiger partial charge in [0.2, 0.25) is 21.4 Å². The number of anilines is 2. The molecule has 0 aliphatic heterocycles. The highest BCUT2D eigenvalue weighted by molar-refractivity contribution is 8.05. The van der Waals surface area contributed by atoms with Gasteiger partial charge in [0.05, 0.1) is 18.9 Å². The zero-order chi connectivity index (χ0) is 24.6. The molecule has 0 radical (unpaired) electrons. The fraction of sp³-hybridized carbons (Fsp3) is 0. The first-order chi connectivity index (χ1) is 16.8. The molecule has 0 fully saturated rings. The normalized spacial score (nSPS) is 13.6. The van der Waals surface area contributed by atoms with E-state index in [0.29, 0.717) is 27.4 Å². The number of nitrogen functional groups attached to an aromatic ring is 1. The van der Waals surface area contributed by atoms with Gasteiger partial charge < -0.3 is 11.1 Å². The van der Waals surface area contributed by atoms with E-state index in [1.807, 2.05) is 17.5 Å². The summed E-state index contributed by atoms with van der Waals surface area (Å²) in [6.45, 7) is 0. The summed E-state index contributed by atoms with van der Waals surface area (Å²) in [6, 6.07) is 22.5. The van der Waals surface area contributed by atoms with Crippen LogP contribution in [0.3, 0.4) is 0 Å². The van der Waals surface area contributed by atoms with Crippen LogP contribution >= 0.6 is 23.1 Å². The number of thioether (sulfide) groups is 1. The van der Waals surface area contributed by atoms with Crippen LogP contribution in [0.25, 0.3) is 0 Å². The Hall–Kier alpha value is -3.66. The molecule has 0 spiro atoms. The molecule has 0 saturated heterocycles. The van der Waals surface area contributed by atoms with Gasteiger partial charge in [0.25, 0.3) is 0 Å². The van der Waals surface area contributed by atoms with Crippen molar-refractivity contribution in [3.05, 3.63) is 112 Å². The molecule has 6 nitrogen and oxygen atoms in total. The molecule has 1 heterocycles. The average Bonchev–Trinajstić information content (AvgIpc) is 3.38. The molecule has 0 saturated carbocycles. The first-order valence-electron chi connectivity index (χ1n) is 10.5. The minimum absolute atomic E-state index is 0.103. The smallest absolute Gasteiger partial charge is 0.211 e. The van der Waals surface area contributed by atoms with E-state index >= 15 is 0 Å². The number of fused-ring (bicyclic) bond motifs is 1. The highest BCUT2D eigenvalue weighted by Gasteiger charge is 2.33. The van der Waals surface area contributed by atoms with Crippen molar-refractivity contribution in [2.75, 3.05) is 11.1 Å². The molecule has 1 aliphatic carbocycles. The van der Waals surface area contributed by atoms with Crippen molar-refractivity contribution in [1.29, 1.82) is 0 Å². The number of carbonyl (C=O) groups is 2. The number of carbonyl (C=O) groups excluding carboxylic acids is 2. The molecule has 9 heteroatoms. The maximum Gasteiger partial charge on any atom is 0.211 e. The van der Waals surface area contributed by atoms with Crippen LogP contribution in [0.5, 0.6) is 0 Å². The first-order valence-corrected chi connectivity index (χ1v) is 13.6. The largest absolute Gasteiger partial charge is 0.399 e. The highest BCUT2D eigenvalue weighted by atomic mass is 32.2. The maximum atomic E-state index is 13.4. The zero-order valence-corrected chi connectivity index (χ0v) is 20.5. The first kappa shape index (κ1) is 23.1. The SMILES string of the molecule is Nc1ccc(S(=O)(=O)c2ccc(NC3=C(Sc4cccs4)C(=O)c4ccccc4C3=O)cc2)cc1. The van der Waals surface area contributed by atoms with Gasteiger partial charge >= 0.3 is 0 Å². The summed E-state index contributed by atoms with van der Waals surface area (Å²) in [5.41, 5.74) is 7.49. The topological polar surface area (TPSA) is 106 Å². The third-order valence-corrected chi connectivity index (χ3v) is 9.32. The monoisotopic (exact) mass is 518 g/mol. The number of nitrogens with one attached hydrogen (secondary N) is 1. The number of ketones is 2. The molecule has 35 heavy (non-hydrogen) atoms. The second-order valence-electron chi connectivity index (χ2n) is 7.66. The van der Waals surface area contributed by atoms with Gasteiger partial charge in [-0.1, -0.05) is 42.1 Å². The number of thiophene rings is 1. The van der Waals surface area contributed by atoms with Gasteiger partial charge in [-0.25, -0.2) is 8.42 Å². The molecule has 0 bridgehead atoms. The number of allylic oxidation sites excluding steroid dienone is 2. The van der Waals surface area contributed by atoms with Gasteiger partial charge in [0.1, 0.15) is 5.70 Å². The van der Waals surface area contributed by atoms with Gasteiger partial charge in [-0.3, -0.25) is 9.59 Å². The molecule has 1 aliphatic rings. The highest BCUT2D eigenvalue weighted by Crippen LogP contribution is 2.39. The molecule has 1 aromatic heterocycles. The van der Waals surface area contributed by atoms with E-state index in [-0.39, 0.29) is 27.1 Å². The molecule has 4 aromatic rings. The van der Waals surface area contributed by atoms with Crippen LogP contribution in [-0.2, 0) is 9.84 Å². The number of hydrogen-bond donors (Lipinski definition) is 2. The Labute approximate surface area is 210 Å². The van der Waals surface area contributed by atoms with Gasteiger partial charge in [-0.2, -0.15) is 0 Å². The molecule has 0 atom stereocenters. The lowest BCUT2D eigenvalue weighted by molar-refractivity contribution is 0.0982. The van der Waals surface area contributed by atoms with E-state index in [1.54, 1.807) is 36.4 Å². The summed E-state index contributed by atoms with van der Waals surface area (Å²) in [4.78, 5) is 27.2. The third-order valence-electron chi connectivity index (χ3n) is 5.40. The van der Waals surface area contributed by atoms with Crippen molar-refractivity contribution in [3.8, 4) is 0 Å². The number of nitrogens with two attached hydrogens (primary N) is 1. The molecule has 0 unspecified atom stereocenters. The molecule has 3 N–H and O–H groups in total. The number of Topliss-reactive ketones (excluding diaryl/α,β-unsaturated/α-hetero) is 2. The second kappa shape index (κ2) is 9.18. The lowest BCUT2D eigenvalue weighted by Crippen LogP contribution is -2.25. The van der Waals surface area contributed by atoms with Gasteiger partial charge in [-0.05, 0) is 60.0 Å². The van der Waals surface area contributed by atoms with Crippen molar-refractivity contribution in [1.82, 2.24) is 0 Å². The van der Waals surface area contributed by atoms with Crippen LogP contribution in [0.1, 0.15) is 20.7 Å². The minimum Gasteiger partial charge on any atom is -0.399 e. The van der Waals surface area contributed by atoms with Crippen LogP contribution in [0.4, 0.5) is 11.4 Å². The standard InChI is InChI=1S/C26H18N2O4S3/c27-16-7-11-18(12-8-16)35(31,32)19-13-9-17(10-14-19)28-23-24(29)20-4-1-2-5-21(20)25(30)26(23)34-22-6-3-15-33-22/h1-15,28H,27H2. The Balaban J connectivity index is 1.50. The Kier molecular flexibility index (Phi) is 6.06. The number of sulfone groups is 1. The number of rotatable bonds is 6. The van der Waals surface area contributed by atoms with Crippen LogP contribution < -0.4 is 11.1 Å². The molecule has 174 valence electrons. The molecular weight excluding hydrogens is 500 g/mol.